The molecule has 1 aliphatic heterocycles. The van der Waals surface area contributed by atoms with Crippen molar-refractivity contribution in [3.05, 3.63) is 95.1 Å². The molecule has 33 heavy (non-hydrogen) atoms. The molecule has 0 saturated heterocycles. The van der Waals surface area contributed by atoms with Crippen LogP contribution in [0.25, 0.3) is 0 Å². The molecule has 3 nitrogen and oxygen atoms in total. The fourth-order valence-corrected chi connectivity index (χ4v) is 4.50. The Morgan fingerprint density at radius 1 is 0.818 bits per heavy atom. The van der Waals surface area contributed by atoms with Crippen molar-refractivity contribution in [1.82, 2.24) is 4.90 Å². The van der Waals surface area contributed by atoms with E-state index in [1.165, 1.54) is 54.6 Å². The summed E-state index contributed by atoms with van der Waals surface area (Å²) in [5.74, 6) is 1.95. The number of halogens is 1. The molecule has 0 bridgehead atoms. The van der Waals surface area contributed by atoms with Gasteiger partial charge in [-0.05, 0) is 85.5 Å². The van der Waals surface area contributed by atoms with E-state index in [9.17, 15) is 0 Å². The monoisotopic (exact) mass is 465 g/mol. The molecule has 0 N–H and O–H groups in total. The molecule has 0 aliphatic carbocycles. The van der Waals surface area contributed by atoms with Crippen LogP contribution in [0.3, 0.4) is 0 Å². The minimum atomic E-state index is 0. The van der Waals surface area contributed by atoms with E-state index < -0.39 is 0 Å². The van der Waals surface area contributed by atoms with Gasteiger partial charge in [-0.2, -0.15) is 0 Å². The first-order chi connectivity index (χ1) is 15.8. The largest absolute Gasteiger partial charge is 0.497 e. The van der Waals surface area contributed by atoms with Crippen molar-refractivity contribution < 1.29 is 9.47 Å². The lowest BCUT2D eigenvalue weighted by atomic mass is 10.00. The van der Waals surface area contributed by atoms with Crippen LogP contribution in [0.15, 0.2) is 72.8 Å². The van der Waals surface area contributed by atoms with Gasteiger partial charge in [0.05, 0.1) is 13.7 Å². The number of rotatable bonds is 11. The highest BCUT2D eigenvalue weighted by molar-refractivity contribution is 5.85. The van der Waals surface area contributed by atoms with E-state index in [0.29, 0.717) is 0 Å². The van der Waals surface area contributed by atoms with Crippen LogP contribution < -0.4 is 9.47 Å². The molecule has 0 saturated carbocycles. The zero-order valence-corrected chi connectivity index (χ0v) is 20.5. The Morgan fingerprint density at radius 2 is 1.64 bits per heavy atom. The molecule has 4 heteroatoms. The molecule has 176 valence electrons. The highest BCUT2D eigenvalue weighted by Crippen LogP contribution is 2.22. The van der Waals surface area contributed by atoms with Crippen LogP contribution in [0.5, 0.6) is 11.5 Å². The highest BCUT2D eigenvalue weighted by Gasteiger charge is 2.14. The first kappa shape index (κ1) is 25.1. The fourth-order valence-electron chi connectivity index (χ4n) is 4.50. The van der Waals surface area contributed by atoms with Crippen molar-refractivity contribution in [1.29, 1.82) is 0 Å². The van der Waals surface area contributed by atoms with Gasteiger partial charge in [0.15, 0.2) is 0 Å². The smallest absolute Gasteiger partial charge is 0.122 e. The molecular weight excluding hydrogens is 430 g/mol. The number of aryl methyl sites for hydroxylation is 2. The first-order valence-corrected chi connectivity index (χ1v) is 11.9. The summed E-state index contributed by atoms with van der Waals surface area (Å²) in [4.78, 5) is 2.59. The normalized spacial score (nSPS) is 13.1. The third kappa shape index (κ3) is 7.52. The Balaban J connectivity index is 0.00000306. The third-order valence-electron chi connectivity index (χ3n) is 6.38. The van der Waals surface area contributed by atoms with Gasteiger partial charge in [0.1, 0.15) is 11.5 Å². The van der Waals surface area contributed by atoms with Gasteiger partial charge in [-0.25, -0.2) is 0 Å². The van der Waals surface area contributed by atoms with Crippen LogP contribution in [0, 0.1) is 0 Å². The Morgan fingerprint density at radius 3 is 2.52 bits per heavy atom. The minimum absolute atomic E-state index is 0. The first-order valence-electron chi connectivity index (χ1n) is 11.9. The van der Waals surface area contributed by atoms with E-state index in [0.717, 1.165) is 43.9 Å². The van der Waals surface area contributed by atoms with Crippen molar-refractivity contribution in [3.63, 3.8) is 0 Å². The molecule has 0 atom stereocenters. The number of methoxy groups -OCH3 is 1. The number of hydrogen-bond donors (Lipinski definition) is 0. The Kier molecular flexibility index (Phi) is 10.1. The standard InChI is InChI=1S/C29H35NO2.ClH/c1-31-28-14-9-10-24(22-28)16-17-26-12-5-6-15-29(26)32-21-8-2-7-19-30-20-18-25-11-3-4-13-27(25)23-30;/h3-6,9-15,22H,2,7-8,16-21,23H2,1H3;1H. The van der Waals surface area contributed by atoms with Crippen LogP contribution in [0.1, 0.15) is 41.5 Å². The zero-order chi connectivity index (χ0) is 22.0. The van der Waals surface area contributed by atoms with Gasteiger partial charge in [-0.1, -0.05) is 54.6 Å². The van der Waals surface area contributed by atoms with E-state index in [4.69, 9.17) is 9.47 Å². The molecule has 0 aromatic heterocycles. The number of para-hydroxylation sites is 1. The van der Waals surface area contributed by atoms with Gasteiger partial charge in [0.2, 0.25) is 0 Å². The van der Waals surface area contributed by atoms with Gasteiger partial charge in [-0.3, -0.25) is 4.90 Å². The van der Waals surface area contributed by atoms with E-state index in [2.05, 4.69) is 71.6 Å². The SMILES string of the molecule is COc1cccc(CCc2ccccc2OCCCCCN2CCc3ccccc3C2)c1.Cl. The van der Waals surface area contributed by atoms with Crippen LogP contribution in [0.2, 0.25) is 0 Å². The number of benzene rings is 3. The van der Waals surface area contributed by atoms with Gasteiger partial charge < -0.3 is 9.47 Å². The van der Waals surface area contributed by atoms with Crippen molar-refractivity contribution >= 4 is 12.4 Å². The molecule has 1 heterocycles. The summed E-state index contributed by atoms with van der Waals surface area (Å²) >= 11 is 0. The number of unbranched alkanes of at least 4 members (excludes halogenated alkanes) is 2. The third-order valence-corrected chi connectivity index (χ3v) is 6.38. The van der Waals surface area contributed by atoms with E-state index in [1.807, 2.05) is 6.07 Å². The van der Waals surface area contributed by atoms with E-state index >= 15 is 0 Å². The molecule has 3 aromatic rings. The molecule has 0 amide bonds. The molecule has 4 rings (SSSR count). The van der Waals surface area contributed by atoms with Crippen LogP contribution in [-0.4, -0.2) is 31.7 Å². The molecule has 1 aliphatic rings. The summed E-state index contributed by atoms with van der Waals surface area (Å²) in [6.07, 6.45) is 6.70. The Hall–Kier alpha value is -2.49. The van der Waals surface area contributed by atoms with Gasteiger partial charge in [0.25, 0.3) is 0 Å². The quantitative estimate of drug-likeness (QED) is 0.301. The maximum absolute atomic E-state index is 6.17. The number of nitrogens with zero attached hydrogens (tertiary/aromatic N) is 1. The van der Waals surface area contributed by atoms with Crippen molar-refractivity contribution in [2.75, 3.05) is 26.8 Å². The van der Waals surface area contributed by atoms with Crippen LogP contribution in [0.4, 0.5) is 0 Å². The molecule has 0 fully saturated rings. The molecule has 0 radical (unpaired) electrons. The number of hydrogen-bond acceptors (Lipinski definition) is 3. The summed E-state index contributed by atoms with van der Waals surface area (Å²) in [6.45, 7) is 4.27. The summed E-state index contributed by atoms with van der Waals surface area (Å²) in [5.41, 5.74) is 5.61. The topological polar surface area (TPSA) is 21.7 Å². The van der Waals surface area contributed by atoms with Gasteiger partial charge >= 0.3 is 0 Å². The summed E-state index contributed by atoms with van der Waals surface area (Å²) < 4.78 is 11.5. The van der Waals surface area contributed by atoms with Crippen molar-refractivity contribution in [2.45, 2.75) is 45.1 Å². The summed E-state index contributed by atoms with van der Waals surface area (Å²) in [5, 5.41) is 0. The van der Waals surface area contributed by atoms with Crippen molar-refractivity contribution in [2.24, 2.45) is 0 Å². The van der Waals surface area contributed by atoms with Gasteiger partial charge in [0, 0.05) is 13.1 Å². The summed E-state index contributed by atoms with van der Waals surface area (Å²) in [6, 6.07) is 25.7. The Bertz CT molecular complexity index is 991. The van der Waals surface area contributed by atoms with Crippen molar-refractivity contribution in [3.8, 4) is 11.5 Å². The molecule has 0 unspecified atom stereocenters. The average molecular weight is 466 g/mol. The highest BCUT2D eigenvalue weighted by atomic mass is 35.5. The molecule has 0 spiro atoms. The van der Waals surface area contributed by atoms with E-state index in [-0.39, 0.29) is 12.4 Å². The maximum atomic E-state index is 6.17. The fraction of sp³-hybridized carbons (Fsp3) is 0.379. The molecule has 3 aromatic carbocycles. The predicted octanol–water partition coefficient (Wildman–Crippen LogP) is 6.51. The number of ether oxygens (including phenoxy) is 2. The second kappa shape index (κ2) is 13.3. The van der Waals surface area contributed by atoms with Crippen LogP contribution in [-0.2, 0) is 25.8 Å². The lowest BCUT2D eigenvalue weighted by Crippen LogP contribution is -2.31. The zero-order valence-electron chi connectivity index (χ0n) is 19.7. The van der Waals surface area contributed by atoms with Gasteiger partial charge in [-0.15, -0.1) is 12.4 Å². The Labute approximate surface area is 205 Å². The maximum Gasteiger partial charge on any atom is 0.122 e. The van der Waals surface area contributed by atoms with E-state index in [1.54, 1.807) is 7.11 Å². The average Bonchev–Trinajstić information content (AvgIpc) is 2.85. The minimum Gasteiger partial charge on any atom is -0.497 e. The lowest BCUT2D eigenvalue weighted by Gasteiger charge is -2.28. The molecular formula is C29H36ClNO2. The van der Waals surface area contributed by atoms with Crippen LogP contribution >= 0.6 is 12.4 Å². The second-order valence-electron chi connectivity index (χ2n) is 8.66. The number of fused-ring (bicyclic) bond motifs is 1. The lowest BCUT2D eigenvalue weighted by molar-refractivity contribution is 0.242. The second-order valence-corrected chi connectivity index (χ2v) is 8.66. The predicted molar refractivity (Wildman–Crippen MR) is 139 cm³/mol. The summed E-state index contributed by atoms with van der Waals surface area (Å²) in [7, 11) is 1.72.